The number of ether oxygens (including phenoxy) is 1. The van der Waals surface area contributed by atoms with Gasteiger partial charge in [0.1, 0.15) is 0 Å². The van der Waals surface area contributed by atoms with Crippen LogP contribution in [-0.2, 0) is 20.7 Å². The van der Waals surface area contributed by atoms with Crippen LogP contribution >= 0.6 is 0 Å². The van der Waals surface area contributed by atoms with Gasteiger partial charge in [0.25, 0.3) is 5.91 Å². The molecule has 31 heavy (non-hydrogen) atoms. The van der Waals surface area contributed by atoms with Gasteiger partial charge >= 0.3 is 12.0 Å². The van der Waals surface area contributed by atoms with Crippen LogP contribution in [0.1, 0.15) is 29.5 Å². The minimum absolute atomic E-state index is 0.0373. The Balaban J connectivity index is 1.62. The monoisotopic (exact) mass is 421 g/mol. The van der Waals surface area contributed by atoms with Crippen LogP contribution in [0.5, 0.6) is 0 Å². The number of nitrogens with one attached hydrogen (secondary N) is 2. The number of esters is 1. The Morgan fingerprint density at radius 1 is 1.06 bits per heavy atom. The number of oxazole rings is 1. The Bertz CT molecular complexity index is 1040. The van der Waals surface area contributed by atoms with Crippen molar-refractivity contribution in [1.82, 2.24) is 15.6 Å². The molecule has 8 heteroatoms. The molecule has 8 nitrogen and oxygen atoms in total. The van der Waals surface area contributed by atoms with E-state index < -0.39 is 24.0 Å². The second-order valence-electron chi connectivity index (χ2n) is 6.83. The van der Waals surface area contributed by atoms with Gasteiger partial charge in [0.2, 0.25) is 6.10 Å². The van der Waals surface area contributed by atoms with Gasteiger partial charge in [0.15, 0.2) is 11.7 Å². The van der Waals surface area contributed by atoms with Crippen LogP contribution in [0.15, 0.2) is 65.2 Å². The fraction of sp³-hybridized carbons (Fsp3) is 0.217. The van der Waals surface area contributed by atoms with Gasteiger partial charge in [-0.2, -0.15) is 0 Å². The van der Waals surface area contributed by atoms with Crippen LogP contribution in [-0.4, -0.2) is 29.9 Å². The minimum atomic E-state index is -1.25. The van der Waals surface area contributed by atoms with Gasteiger partial charge in [0, 0.05) is 24.6 Å². The lowest BCUT2D eigenvalue weighted by molar-refractivity contribution is -0.156. The standard InChI is InChI=1S/C23H23N3O5/c1-15-8-10-16(11-9-15)18-14-25-19(30-18)12-13-20(27)31-21(17-6-4-3-5-7-17)22(28)26-23(29)24-2/h3-11,14,21H,12-13H2,1-2H3,(H2,24,26,28,29). The summed E-state index contributed by atoms with van der Waals surface area (Å²) in [6, 6.07) is 15.6. The molecule has 160 valence electrons. The number of aryl methyl sites for hydroxylation is 2. The van der Waals surface area contributed by atoms with Gasteiger partial charge in [0.05, 0.1) is 12.6 Å². The van der Waals surface area contributed by atoms with Crippen molar-refractivity contribution in [2.75, 3.05) is 7.05 Å². The van der Waals surface area contributed by atoms with Crippen molar-refractivity contribution in [2.45, 2.75) is 25.9 Å². The maximum Gasteiger partial charge on any atom is 0.321 e. The van der Waals surface area contributed by atoms with Crippen LogP contribution in [0, 0.1) is 6.92 Å². The minimum Gasteiger partial charge on any atom is -0.447 e. The molecule has 2 aromatic carbocycles. The lowest BCUT2D eigenvalue weighted by atomic mass is 10.1. The van der Waals surface area contributed by atoms with Gasteiger partial charge in [-0.3, -0.25) is 14.9 Å². The number of hydrogen-bond acceptors (Lipinski definition) is 6. The molecule has 1 atom stereocenters. The van der Waals surface area contributed by atoms with E-state index in [2.05, 4.69) is 15.6 Å². The van der Waals surface area contributed by atoms with Gasteiger partial charge in [-0.1, -0.05) is 60.2 Å². The molecule has 0 aliphatic carbocycles. The molecule has 0 bridgehead atoms. The lowest BCUT2D eigenvalue weighted by Gasteiger charge is -2.17. The second-order valence-corrected chi connectivity index (χ2v) is 6.83. The van der Waals surface area contributed by atoms with E-state index in [0.717, 1.165) is 11.1 Å². The molecule has 0 aliphatic rings. The lowest BCUT2D eigenvalue weighted by Crippen LogP contribution is -2.41. The first kappa shape index (κ1) is 21.8. The molecule has 3 rings (SSSR count). The number of urea groups is 1. The zero-order chi connectivity index (χ0) is 22.2. The molecule has 2 N–H and O–H groups in total. The number of hydrogen-bond donors (Lipinski definition) is 2. The van der Waals surface area contributed by atoms with Gasteiger partial charge in [-0.05, 0) is 6.92 Å². The van der Waals surface area contributed by atoms with E-state index in [4.69, 9.17) is 9.15 Å². The average molecular weight is 421 g/mol. The van der Waals surface area contributed by atoms with E-state index >= 15 is 0 Å². The normalized spacial score (nSPS) is 11.4. The van der Waals surface area contributed by atoms with E-state index in [1.807, 2.05) is 31.2 Å². The van der Waals surface area contributed by atoms with E-state index in [1.165, 1.54) is 7.05 Å². The Morgan fingerprint density at radius 2 is 1.77 bits per heavy atom. The number of rotatable bonds is 7. The first-order valence-corrected chi connectivity index (χ1v) is 9.75. The first-order chi connectivity index (χ1) is 15.0. The predicted octanol–water partition coefficient (Wildman–Crippen LogP) is 3.32. The highest BCUT2D eigenvalue weighted by atomic mass is 16.5. The van der Waals surface area contributed by atoms with Crippen LogP contribution in [0.25, 0.3) is 11.3 Å². The van der Waals surface area contributed by atoms with E-state index in [9.17, 15) is 14.4 Å². The molecule has 0 fully saturated rings. The summed E-state index contributed by atoms with van der Waals surface area (Å²) in [6.07, 6.45) is 0.529. The Morgan fingerprint density at radius 3 is 2.45 bits per heavy atom. The Kier molecular flexibility index (Phi) is 7.16. The number of carbonyl (C=O) groups is 3. The number of aromatic nitrogens is 1. The zero-order valence-corrected chi connectivity index (χ0v) is 17.3. The van der Waals surface area contributed by atoms with Crippen LogP contribution in [0.3, 0.4) is 0 Å². The van der Waals surface area contributed by atoms with Crippen molar-refractivity contribution in [3.63, 3.8) is 0 Å². The molecular formula is C23H23N3O5. The maximum absolute atomic E-state index is 12.4. The van der Waals surface area contributed by atoms with Crippen LogP contribution in [0.4, 0.5) is 4.79 Å². The van der Waals surface area contributed by atoms with Crippen molar-refractivity contribution in [2.24, 2.45) is 0 Å². The number of benzene rings is 2. The summed E-state index contributed by atoms with van der Waals surface area (Å²) >= 11 is 0. The van der Waals surface area contributed by atoms with Crippen LogP contribution in [0.2, 0.25) is 0 Å². The molecule has 0 saturated carbocycles. The first-order valence-electron chi connectivity index (χ1n) is 9.75. The summed E-state index contributed by atoms with van der Waals surface area (Å²) in [4.78, 5) is 40.5. The second kappa shape index (κ2) is 10.2. The summed E-state index contributed by atoms with van der Waals surface area (Å²) in [7, 11) is 1.38. The van der Waals surface area contributed by atoms with Crippen LogP contribution < -0.4 is 10.6 Å². The van der Waals surface area contributed by atoms with E-state index in [1.54, 1.807) is 36.5 Å². The third kappa shape index (κ3) is 6.02. The summed E-state index contributed by atoms with van der Waals surface area (Å²) < 4.78 is 11.1. The highest BCUT2D eigenvalue weighted by molar-refractivity contribution is 5.97. The van der Waals surface area contributed by atoms with Gasteiger partial charge < -0.3 is 14.5 Å². The average Bonchev–Trinajstić information content (AvgIpc) is 3.26. The van der Waals surface area contributed by atoms with Crippen molar-refractivity contribution < 1.29 is 23.5 Å². The largest absolute Gasteiger partial charge is 0.447 e. The molecule has 3 aromatic rings. The Hall–Kier alpha value is -3.94. The number of carbonyl (C=O) groups excluding carboxylic acids is 3. The smallest absolute Gasteiger partial charge is 0.321 e. The highest BCUT2D eigenvalue weighted by Crippen LogP contribution is 2.22. The SMILES string of the molecule is CNC(=O)NC(=O)C(OC(=O)CCc1ncc(-c2ccc(C)cc2)o1)c1ccccc1. The fourth-order valence-corrected chi connectivity index (χ4v) is 2.82. The molecule has 0 saturated heterocycles. The van der Waals surface area contributed by atoms with Crippen molar-refractivity contribution in [1.29, 1.82) is 0 Å². The zero-order valence-electron chi connectivity index (χ0n) is 17.3. The molecule has 1 heterocycles. The number of nitrogens with zero attached hydrogens (tertiary/aromatic N) is 1. The molecular weight excluding hydrogens is 398 g/mol. The summed E-state index contributed by atoms with van der Waals surface area (Å²) in [5.41, 5.74) is 2.48. The molecule has 0 spiro atoms. The summed E-state index contributed by atoms with van der Waals surface area (Å²) in [5.74, 6) is -0.359. The predicted molar refractivity (Wildman–Crippen MR) is 113 cm³/mol. The third-order valence-corrected chi connectivity index (χ3v) is 4.49. The third-order valence-electron chi connectivity index (χ3n) is 4.49. The number of amides is 3. The summed E-state index contributed by atoms with van der Waals surface area (Å²) in [6.45, 7) is 2.00. The van der Waals surface area contributed by atoms with Gasteiger partial charge in [-0.25, -0.2) is 9.78 Å². The molecule has 3 amide bonds. The van der Waals surface area contributed by atoms with Gasteiger partial charge in [-0.15, -0.1) is 0 Å². The highest BCUT2D eigenvalue weighted by Gasteiger charge is 2.26. The van der Waals surface area contributed by atoms with E-state index in [0.29, 0.717) is 17.2 Å². The molecule has 0 aliphatic heterocycles. The molecule has 1 aromatic heterocycles. The van der Waals surface area contributed by atoms with Crippen molar-refractivity contribution >= 4 is 17.9 Å². The fourth-order valence-electron chi connectivity index (χ4n) is 2.82. The van der Waals surface area contributed by atoms with Crippen molar-refractivity contribution in [3.05, 3.63) is 77.8 Å². The van der Waals surface area contributed by atoms with E-state index in [-0.39, 0.29) is 12.8 Å². The topological polar surface area (TPSA) is 111 Å². The quantitative estimate of drug-likeness (QED) is 0.566. The molecule has 1 unspecified atom stereocenters. The Labute approximate surface area is 179 Å². The summed E-state index contributed by atoms with van der Waals surface area (Å²) in [5, 5.41) is 4.42. The maximum atomic E-state index is 12.4. The van der Waals surface area contributed by atoms with Crippen molar-refractivity contribution in [3.8, 4) is 11.3 Å². The molecule has 0 radical (unpaired) electrons. The number of imide groups is 1.